The smallest absolute Gasteiger partial charge is 0.372 e. The van der Waals surface area contributed by atoms with E-state index in [2.05, 4.69) is 0 Å². The van der Waals surface area contributed by atoms with E-state index in [1.165, 1.54) is 0 Å². The van der Waals surface area contributed by atoms with Crippen LogP contribution in [0.5, 0.6) is 0 Å². The molecular formula is H3BaBrO3. The van der Waals surface area contributed by atoms with Gasteiger partial charge in [0.1, 0.15) is 0 Å². The fourth-order valence-corrected chi connectivity index (χ4v) is 0. The zero-order valence-corrected chi connectivity index (χ0v) is 3.23. The molecular weight excluding hydrogens is 265 g/mol. The summed E-state index contributed by atoms with van der Waals surface area (Å²) in [4.78, 5) is 0. The van der Waals surface area contributed by atoms with Crippen LogP contribution < -0.4 is 8.40 Å². The van der Waals surface area contributed by atoms with Gasteiger partial charge in [-0.05, 0) is 4.20 Å². The average molecular weight is 268 g/mol. The van der Waals surface area contributed by atoms with Crippen molar-refractivity contribution in [3.8, 4) is 0 Å². The summed E-state index contributed by atoms with van der Waals surface area (Å²) in [6, 6.07) is 0. The van der Waals surface area contributed by atoms with Crippen LogP contribution in [0.2, 0.25) is 0 Å². The van der Waals surface area contributed by atoms with Crippen molar-refractivity contribution in [2.24, 2.45) is 0 Å². The van der Waals surface area contributed by atoms with Crippen molar-refractivity contribution in [1.29, 1.82) is 0 Å². The molecule has 0 aromatic heterocycles. The number of hydrogen-bond donors (Lipinski definition) is 1. The van der Waals surface area contributed by atoms with Crippen LogP contribution in [0.1, 0.15) is 0 Å². The van der Waals surface area contributed by atoms with Gasteiger partial charge in [-0.1, -0.05) is 0 Å². The zero-order valence-electron chi connectivity index (χ0n) is 1.64. The Balaban J connectivity index is 0. The molecule has 0 unspecified atom stereocenters. The number of hydrogen-bond acceptors (Lipinski definition) is 3. The van der Waals surface area contributed by atoms with Crippen LogP contribution in [0.15, 0.2) is 0 Å². The molecule has 0 aliphatic heterocycles. The first-order valence-corrected chi connectivity index (χ1v) is 2.48. The molecule has 0 fully saturated rings. The molecule has 30 valence electrons. The molecule has 0 saturated heterocycles. The minimum Gasteiger partial charge on any atom is -0.372 e. The van der Waals surface area contributed by atoms with Gasteiger partial charge in [-0.25, -0.2) is 0 Å². The van der Waals surface area contributed by atoms with Crippen molar-refractivity contribution in [3.63, 3.8) is 0 Å². The summed E-state index contributed by atoms with van der Waals surface area (Å²) in [7, 11) is 0. The van der Waals surface area contributed by atoms with E-state index in [4.69, 9.17) is 12.6 Å². The van der Waals surface area contributed by atoms with E-state index in [-0.39, 0.29) is 48.9 Å². The summed E-state index contributed by atoms with van der Waals surface area (Å²) < 4.78 is 24.3. The Hall–Kier alpha value is 1.93. The van der Waals surface area contributed by atoms with Crippen LogP contribution in [0.25, 0.3) is 0 Å². The SMILES string of the molecule is [BaH2].[O-][Br+2]([O-])O. The van der Waals surface area contributed by atoms with Gasteiger partial charge in [0, 0.05) is 0 Å². The first-order valence-electron chi connectivity index (χ1n) is 0.478. The van der Waals surface area contributed by atoms with E-state index in [0.717, 1.165) is 0 Å². The first kappa shape index (κ1) is 10.0. The topological polar surface area (TPSA) is 66.3 Å². The first-order chi connectivity index (χ1) is 1.73. The molecule has 0 aliphatic carbocycles. The van der Waals surface area contributed by atoms with Gasteiger partial charge in [0.15, 0.2) is 0 Å². The third-order valence-electron chi connectivity index (χ3n) is 0. The molecule has 0 amide bonds. The van der Waals surface area contributed by atoms with Gasteiger partial charge in [0.2, 0.25) is 0 Å². The molecule has 0 heterocycles. The quantitative estimate of drug-likeness (QED) is 0.457. The summed E-state index contributed by atoms with van der Waals surface area (Å²) >= 11 is -3.40. The van der Waals surface area contributed by atoms with Crippen LogP contribution in [-0.4, -0.2) is 53.1 Å². The van der Waals surface area contributed by atoms with Gasteiger partial charge in [0.05, 0.1) is 0 Å². The molecule has 3 nitrogen and oxygen atoms in total. The van der Waals surface area contributed by atoms with E-state index in [0.29, 0.717) is 0 Å². The zero-order chi connectivity index (χ0) is 3.58. The minimum atomic E-state index is -3.40. The summed E-state index contributed by atoms with van der Waals surface area (Å²) in [6.45, 7) is 0. The van der Waals surface area contributed by atoms with Crippen molar-refractivity contribution in [2.75, 3.05) is 0 Å². The van der Waals surface area contributed by atoms with E-state index in [1.807, 2.05) is 0 Å². The average Bonchev–Trinajstić information content (AvgIpc) is 0.811. The van der Waals surface area contributed by atoms with E-state index >= 15 is 0 Å². The fraction of sp³-hybridized carbons (Fsp3) is 0. The summed E-state index contributed by atoms with van der Waals surface area (Å²) in [5.74, 6) is 0. The molecule has 0 aliphatic rings. The van der Waals surface area contributed by atoms with E-state index < -0.39 is 14.8 Å². The Morgan fingerprint density at radius 2 is 1.40 bits per heavy atom. The largest absolute Gasteiger partial charge is 0.433 e. The van der Waals surface area contributed by atoms with Crippen molar-refractivity contribution < 1.29 is 27.4 Å². The Bertz CT molecular complexity index is 11.6. The molecule has 1 N–H and O–H groups in total. The van der Waals surface area contributed by atoms with Gasteiger partial charge in [-0.3, -0.25) is 0 Å². The van der Waals surface area contributed by atoms with Crippen LogP contribution >= 0.6 is 0 Å². The van der Waals surface area contributed by atoms with Gasteiger partial charge < -0.3 is 8.40 Å². The Morgan fingerprint density at radius 3 is 1.40 bits per heavy atom. The maximum absolute atomic E-state index is 8.63. The maximum Gasteiger partial charge on any atom is 0.433 e. The Morgan fingerprint density at radius 1 is 1.40 bits per heavy atom. The molecule has 0 aromatic carbocycles. The Kier molecular flexibility index (Phi) is 11.9. The summed E-state index contributed by atoms with van der Waals surface area (Å²) in [5.41, 5.74) is 0. The van der Waals surface area contributed by atoms with Gasteiger partial charge in [-0.15, -0.1) is 0 Å². The summed E-state index contributed by atoms with van der Waals surface area (Å²) in [6.07, 6.45) is 0. The summed E-state index contributed by atoms with van der Waals surface area (Å²) in [5, 5.41) is 0. The molecule has 0 spiro atoms. The molecule has 0 rings (SSSR count). The van der Waals surface area contributed by atoms with E-state index in [1.54, 1.807) is 0 Å². The predicted octanol–water partition coefficient (Wildman–Crippen LogP) is -3.85. The second kappa shape index (κ2) is 5.93. The molecule has 0 atom stereocenters. The van der Waals surface area contributed by atoms with Crippen LogP contribution in [0.3, 0.4) is 0 Å². The second-order valence-electron chi connectivity index (χ2n) is 0.201. The molecule has 5 heavy (non-hydrogen) atoms. The molecule has 0 aromatic rings. The van der Waals surface area contributed by atoms with Crippen molar-refractivity contribution in [3.05, 3.63) is 0 Å². The third kappa shape index (κ3) is 24.6. The van der Waals surface area contributed by atoms with E-state index in [9.17, 15) is 0 Å². The monoisotopic (exact) mass is 268 g/mol. The molecule has 0 radical (unpaired) electrons. The van der Waals surface area contributed by atoms with Crippen LogP contribution in [-0.2, 0) is 0 Å². The van der Waals surface area contributed by atoms with Crippen molar-refractivity contribution in [1.82, 2.24) is 0 Å². The molecule has 5 heteroatoms. The third-order valence-corrected chi connectivity index (χ3v) is 0. The maximum atomic E-state index is 8.63. The standard InChI is InChI=1S/Ba.BrHO3.2H/c;2-1(3)4;;/h;2H;;. The van der Waals surface area contributed by atoms with Crippen molar-refractivity contribution in [2.45, 2.75) is 0 Å². The molecule has 0 saturated carbocycles. The van der Waals surface area contributed by atoms with Gasteiger partial charge >= 0.3 is 63.7 Å². The number of halogens is 1. The minimum absolute atomic E-state index is 0. The fourth-order valence-electron chi connectivity index (χ4n) is 0. The number of rotatable bonds is 0. The second-order valence-corrected chi connectivity index (χ2v) is 1.04. The predicted molar refractivity (Wildman–Crippen MR) is 10.8 cm³/mol. The van der Waals surface area contributed by atoms with Crippen LogP contribution in [0.4, 0.5) is 0 Å². The van der Waals surface area contributed by atoms with Crippen molar-refractivity contribution >= 4 is 48.9 Å². The van der Waals surface area contributed by atoms with Crippen LogP contribution in [0, 0.1) is 14.8 Å². The Labute approximate surface area is 74.9 Å². The van der Waals surface area contributed by atoms with Gasteiger partial charge in [-0.2, -0.15) is 0 Å². The normalized spacial score (nSPS) is 7.20. The molecule has 0 bridgehead atoms. The van der Waals surface area contributed by atoms with Gasteiger partial charge in [0.25, 0.3) is 0 Å².